The van der Waals surface area contributed by atoms with E-state index in [1.165, 1.54) is 17.4 Å². The summed E-state index contributed by atoms with van der Waals surface area (Å²) in [6, 6.07) is 21.7. The number of anilines is 1. The fourth-order valence-electron chi connectivity index (χ4n) is 6.43. The maximum Gasteiger partial charge on any atom is 0.272 e. The first-order chi connectivity index (χ1) is 22.4. The average molecular weight is 622 g/mol. The SMILES string of the molecule is CN1CCN(c2ccc(OC3CCN(C(=O)c4ccc(C(=O)NC5CCN(Cc6ccc(C#N)cc6)CC5)cn4)CC3)cc2)CC1. The van der Waals surface area contributed by atoms with Gasteiger partial charge in [0.25, 0.3) is 11.8 Å². The van der Waals surface area contributed by atoms with Crippen LogP contribution in [0.5, 0.6) is 5.75 Å². The molecule has 1 N–H and O–H groups in total. The van der Waals surface area contributed by atoms with Gasteiger partial charge in [-0.05, 0) is 74.0 Å². The summed E-state index contributed by atoms with van der Waals surface area (Å²) in [6.07, 6.45) is 4.84. The minimum absolute atomic E-state index is 0.0698. The highest BCUT2D eigenvalue weighted by Gasteiger charge is 2.26. The lowest BCUT2D eigenvalue weighted by atomic mass is 10.0. The topological polar surface area (TPSA) is 105 Å². The zero-order valence-electron chi connectivity index (χ0n) is 26.6. The average Bonchev–Trinajstić information content (AvgIpc) is 3.10. The number of rotatable bonds is 8. The summed E-state index contributed by atoms with van der Waals surface area (Å²) >= 11 is 0. The van der Waals surface area contributed by atoms with Crippen molar-refractivity contribution < 1.29 is 14.3 Å². The normalized spacial score (nSPS) is 18.6. The monoisotopic (exact) mass is 621 g/mol. The van der Waals surface area contributed by atoms with Crippen molar-refractivity contribution >= 4 is 17.5 Å². The summed E-state index contributed by atoms with van der Waals surface area (Å²) in [5.74, 6) is 0.593. The van der Waals surface area contributed by atoms with Gasteiger partial charge in [-0.1, -0.05) is 12.1 Å². The first-order valence-electron chi connectivity index (χ1n) is 16.4. The third-order valence-corrected chi connectivity index (χ3v) is 9.39. The Balaban J connectivity index is 0.915. The molecule has 0 radical (unpaired) electrons. The number of likely N-dealkylation sites (tertiary alicyclic amines) is 2. The van der Waals surface area contributed by atoms with E-state index in [0.29, 0.717) is 29.9 Å². The maximum absolute atomic E-state index is 13.2. The summed E-state index contributed by atoms with van der Waals surface area (Å²) in [6.45, 7) is 8.06. The molecule has 46 heavy (non-hydrogen) atoms. The molecule has 3 fully saturated rings. The molecule has 0 aliphatic carbocycles. The number of nitrogens with one attached hydrogen (secondary N) is 1. The Kier molecular flexibility index (Phi) is 10.1. The minimum Gasteiger partial charge on any atom is -0.490 e. The number of nitrogens with zero attached hydrogens (tertiary/aromatic N) is 6. The largest absolute Gasteiger partial charge is 0.490 e. The molecule has 0 unspecified atom stereocenters. The highest BCUT2D eigenvalue weighted by atomic mass is 16.5. The molecule has 10 nitrogen and oxygen atoms in total. The first-order valence-corrected chi connectivity index (χ1v) is 16.4. The van der Waals surface area contributed by atoms with Crippen LogP contribution in [0.25, 0.3) is 0 Å². The van der Waals surface area contributed by atoms with Crippen LogP contribution in [0.1, 0.15) is 57.7 Å². The lowest BCUT2D eigenvalue weighted by Gasteiger charge is -2.34. The van der Waals surface area contributed by atoms with Crippen molar-refractivity contribution in [3.05, 3.63) is 89.2 Å². The van der Waals surface area contributed by atoms with E-state index in [2.05, 4.69) is 62.4 Å². The molecule has 6 rings (SSSR count). The van der Waals surface area contributed by atoms with Crippen LogP contribution in [0.4, 0.5) is 5.69 Å². The standard InChI is InChI=1S/C36H43N7O3/c1-40-20-22-42(23-21-40)31-7-9-32(10-8-31)46-33-14-18-43(19-15-33)36(45)34-11-6-29(25-38-34)35(44)39-30-12-16-41(17-13-30)26-28-4-2-27(24-37)3-5-28/h2-11,25,30,33H,12-23,26H2,1H3,(H,39,44). The number of pyridine rings is 1. The van der Waals surface area contributed by atoms with Gasteiger partial charge in [-0.25, -0.2) is 0 Å². The number of benzene rings is 2. The first kappa shape index (κ1) is 31.5. The van der Waals surface area contributed by atoms with Crippen molar-refractivity contribution in [1.82, 2.24) is 25.0 Å². The van der Waals surface area contributed by atoms with Gasteiger partial charge in [-0.15, -0.1) is 0 Å². The molecule has 0 saturated carbocycles. The molecule has 0 atom stereocenters. The molecule has 2 aromatic carbocycles. The number of hydrogen-bond donors (Lipinski definition) is 1. The zero-order valence-corrected chi connectivity index (χ0v) is 26.6. The lowest BCUT2D eigenvalue weighted by Crippen LogP contribution is -2.44. The van der Waals surface area contributed by atoms with E-state index in [9.17, 15) is 9.59 Å². The predicted molar refractivity (Wildman–Crippen MR) is 177 cm³/mol. The summed E-state index contributed by atoms with van der Waals surface area (Å²) in [5, 5.41) is 12.1. The number of piperidine rings is 2. The molecule has 3 aliphatic rings. The van der Waals surface area contributed by atoms with Crippen LogP contribution in [-0.2, 0) is 6.54 Å². The molecule has 3 saturated heterocycles. The second-order valence-electron chi connectivity index (χ2n) is 12.7. The molecule has 1 aromatic heterocycles. The number of ether oxygens (including phenoxy) is 1. The Morgan fingerprint density at radius 3 is 2.20 bits per heavy atom. The zero-order chi connectivity index (χ0) is 31.9. The smallest absolute Gasteiger partial charge is 0.272 e. The number of piperazine rings is 1. The number of carbonyl (C=O) groups is 2. The molecule has 3 aromatic rings. The Hall–Kier alpha value is -4.46. The molecule has 10 heteroatoms. The van der Waals surface area contributed by atoms with Gasteiger partial charge in [0.05, 0.1) is 17.2 Å². The van der Waals surface area contributed by atoms with Gasteiger partial charge in [0.1, 0.15) is 17.5 Å². The lowest BCUT2D eigenvalue weighted by molar-refractivity contribution is 0.0589. The second-order valence-corrected chi connectivity index (χ2v) is 12.7. The molecule has 4 heterocycles. The number of nitriles is 1. The van der Waals surface area contributed by atoms with Crippen LogP contribution in [-0.4, -0.2) is 103 Å². The van der Waals surface area contributed by atoms with Crippen molar-refractivity contribution in [3.8, 4) is 11.8 Å². The highest BCUT2D eigenvalue weighted by molar-refractivity contribution is 5.96. The predicted octanol–water partition coefficient (Wildman–Crippen LogP) is 3.78. The summed E-state index contributed by atoms with van der Waals surface area (Å²) in [5.41, 5.74) is 3.90. The van der Waals surface area contributed by atoms with Gasteiger partial charge in [-0.3, -0.25) is 19.5 Å². The van der Waals surface area contributed by atoms with Crippen LogP contribution >= 0.6 is 0 Å². The van der Waals surface area contributed by atoms with Crippen LogP contribution in [0.3, 0.4) is 0 Å². The van der Waals surface area contributed by atoms with Crippen molar-refractivity contribution in [1.29, 1.82) is 5.26 Å². The number of hydrogen-bond acceptors (Lipinski definition) is 8. The van der Waals surface area contributed by atoms with Gasteiger partial charge >= 0.3 is 0 Å². The Morgan fingerprint density at radius 2 is 1.57 bits per heavy atom. The molecular weight excluding hydrogens is 578 g/mol. The molecule has 0 spiro atoms. The van der Waals surface area contributed by atoms with E-state index >= 15 is 0 Å². The second kappa shape index (κ2) is 14.8. The van der Waals surface area contributed by atoms with E-state index in [-0.39, 0.29) is 24.0 Å². The fourth-order valence-corrected chi connectivity index (χ4v) is 6.43. The summed E-state index contributed by atoms with van der Waals surface area (Å²) in [4.78, 5) is 39.4. The van der Waals surface area contributed by atoms with Crippen molar-refractivity contribution in [2.45, 2.75) is 44.4 Å². The molecule has 0 bridgehead atoms. The summed E-state index contributed by atoms with van der Waals surface area (Å²) < 4.78 is 6.26. The third kappa shape index (κ3) is 8.03. The number of carbonyl (C=O) groups excluding carboxylic acids is 2. The molecule has 240 valence electrons. The van der Waals surface area contributed by atoms with E-state index in [4.69, 9.17) is 10.00 Å². The Morgan fingerprint density at radius 1 is 0.870 bits per heavy atom. The maximum atomic E-state index is 13.2. The van der Waals surface area contributed by atoms with E-state index in [0.717, 1.165) is 77.2 Å². The molecule has 3 aliphatic heterocycles. The fraction of sp³-hybridized carbons (Fsp3) is 0.444. The number of aromatic nitrogens is 1. The summed E-state index contributed by atoms with van der Waals surface area (Å²) in [7, 11) is 2.16. The minimum atomic E-state index is -0.161. The Bertz CT molecular complexity index is 1500. The van der Waals surface area contributed by atoms with Gasteiger partial charge in [0.15, 0.2) is 0 Å². The van der Waals surface area contributed by atoms with Crippen LogP contribution in [0.2, 0.25) is 0 Å². The van der Waals surface area contributed by atoms with E-state index in [1.807, 2.05) is 29.2 Å². The van der Waals surface area contributed by atoms with Gasteiger partial charge in [-0.2, -0.15) is 5.26 Å². The van der Waals surface area contributed by atoms with Gasteiger partial charge in [0.2, 0.25) is 0 Å². The molecular formula is C36H43N7O3. The van der Waals surface area contributed by atoms with Gasteiger partial charge < -0.3 is 24.8 Å². The Labute approximate surface area is 271 Å². The van der Waals surface area contributed by atoms with Crippen molar-refractivity contribution in [2.75, 3.05) is 64.3 Å². The van der Waals surface area contributed by atoms with E-state index < -0.39 is 0 Å². The van der Waals surface area contributed by atoms with Crippen LogP contribution < -0.4 is 15.0 Å². The molecule has 2 amide bonds. The van der Waals surface area contributed by atoms with Crippen molar-refractivity contribution in [3.63, 3.8) is 0 Å². The number of amides is 2. The number of likely N-dealkylation sites (N-methyl/N-ethyl adjacent to an activating group) is 1. The van der Waals surface area contributed by atoms with Gasteiger partial charge in [0, 0.05) is 89.7 Å². The van der Waals surface area contributed by atoms with Crippen LogP contribution in [0, 0.1) is 11.3 Å². The third-order valence-electron chi connectivity index (χ3n) is 9.39. The van der Waals surface area contributed by atoms with Crippen LogP contribution in [0.15, 0.2) is 66.9 Å². The quantitative estimate of drug-likeness (QED) is 0.405. The van der Waals surface area contributed by atoms with Crippen molar-refractivity contribution in [2.24, 2.45) is 0 Å². The van der Waals surface area contributed by atoms with E-state index in [1.54, 1.807) is 12.1 Å². The highest BCUT2D eigenvalue weighted by Crippen LogP contribution is 2.24.